The summed E-state index contributed by atoms with van der Waals surface area (Å²) in [7, 11) is 1.22. The molecule has 2 aromatic rings. The molecule has 0 aliphatic heterocycles. The number of anilines is 1. The van der Waals surface area contributed by atoms with Gasteiger partial charge in [-0.1, -0.05) is 18.2 Å². The van der Waals surface area contributed by atoms with Crippen LogP contribution >= 0.6 is 0 Å². The number of halogens is 1. The Labute approximate surface area is 114 Å². The maximum atomic E-state index is 13.4. The fourth-order valence-corrected chi connectivity index (χ4v) is 1.53. The van der Waals surface area contributed by atoms with Gasteiger partial charge in [0, 0.05) is 0 Å². The monoisotopic (exact) mass is 274 g/mol. The first kappa shape index (κ1) is 13.7. The van der Waals surface area contributed by atoms with Gasteiger partial charge in [-0.05, 0) is 24.3 Å². The van der Waals surface area contributed by atoms with Gasteiger partial charge in [0.15, 0.2) is 0 Å². The van der Waals surface area contributed by atoms with E-state index in [1.165, 1.54) is 43.5 Å². The van der Waals surface area contributed by atoms with Gasteiger partial charge in [0.2, 0.25) is 0 Å². The van der Waals surface area contributed by atoms with Crippen molar-refractivity contribution in [3.05, 3.63) is 59.7 Å². The van der Waals surface area contributed by atoms with E-state index in [0.29, 0.717) is 0 Å². The van der Waals surface area contributed by atoms with E-state index < -0.39 is 17.7 Å². The Balaban J connectivity index is 2.22. The number of ether oxygens (including phenoxy) is 1. The molecule has 20 heavy (non-hydrogen) atoms. The molecule has 0 aliphatic carbocycles. The number of para-hydroxylation sites is 1. The van der Waals surface area contributed by atoms with E-state index in [-0.39, 0.29) is 17.1 Å². The molecule has 1 heterocycles. The van der Waals surface area contributed by atoms with Crippen molar-refractivity contribution in [3.8, 4) is 0 Å². The fourth-order valence-electron chi connectivity index (χ4n) is 1.53. The summed E-state index contributed by atoms with van der Waals surface area (Å²) in [4.78, 5) is 27.1. The van der Waals surface area contributed by atoms with E-state index in [2.05, 4.69) is 15.0 Å². The maximum Gasteiger partial charge on any atom is 0.356 e. The van der Waals surface area contributed by atoms with Crippen LogP contribution in [0.1, 0.15) is 21.0 Å². The van der Waals surface area contributed by atoms with Crippen LogP contribution in [-0.4, -0.2) is 24.0 Å². The zero-order chi connectivity index (χ0) is 14.5. The van der Waals surface area contributed by atoms with Crippen LogP contribution in [0.15, 0.2) is 42.5 Å². The molecular weight excluding hydrogens is 263 g/mol. The third-order valence-electron chi connectivity index (χ3n) is 2.50. The van der Waals surface area contributed by atoms with E-state index in [4.69, 9.17) is 0 Å². The fraction of sp³-hybridized carbons (Fsp3) is 0.0714. The highest BCUT2D eigenvalue weighted by Gasteiger charge is 2.13. The number of esters is 1. The largest absolute Gasteiger partial charge is 0.464 e. The number of methoxy groups -OCH3 is 1. The molecule has 0 spiro atoms. The van der Waals surface area contributed by atoms with Crippen LogP contribution in [0.25, 0.3) is 0 Å². The molecule has 0 bridgehead atoms. The highest BCUT2D eigenvalue weighted by atomic mass is 19.1. The van der Waals surface area contributed by atoms with Gasteiger partial charge >= 0.3 is 5.97 Å². The quantitative estimate of drug-likeness (QED) is 0.872. The third kappa shape index (κ3) is 2.97. The molecule has 1 aromatic heterocycles. The first-order chi connectivity index (χ1) is 9.61. The van der Waals surface area contributed by atoms with E-state index in [0.717, 1.165) is 0 Å². The Bertz CT molecular complexity index is 658. The number of aromatic nitrogens is 1. The van der Waals surface area contributed by atoms with Crippen molar-refractivity contribution in [1.82, 2.24) is 4.98 Å². The van der Waals surface area contributed by atoms with Crippen molar-refractivity contribution in [2.24, 2.45) is 0 Å². The Kier molecular flexibility index (Phi) is 4.05. The highest BCUT2D eigenvalue weighted by Crippen LogP contribution is 2.13. The van der Waals surface area contributed by atoms with Gasteiger partial charge in [0.05, 0.1) is 12.8 Å². The van der Waals surface area contributed by atoms with Gasteiger partial charge in [-0.25, -0.2) is 14.2 Å². The van der Waals surface area contributed by atoms with Crippen molar-refractivity contribution >= 4 is 17.6 Å². The van der Waals surface area contributed by atoms with Crippen LogP contribution in [0.5, 0.6) is 0 Å². The Morgan fingerprint density at radius 1 is 1.10 bits per heavy atom. The molecule has 0 aliphatic rings. The first-order valence-corrected chi connectivity index (χ1v) is 5.73. The number of nitrogens with one attached hydrogen (secondary N) is 1. The molecule has 2 rings (SSSR count). The summed E-state index contributed by atoms with van der Waals surface area (Å²) in [5, 5.41) is 2.38. The molecule has 5 nitrogen and oxygen atoms in total. The normalized spacial score (nSPS) is 9.90. The Hall–Kier alpha value is -2.76. The van der Waals surface area contributed by atoms with Crippen molar-refractivity contribution in [1.29, 1.82) is 0 Å². The molecule has 1 aromatic carbocycles. The number of nitrogens with zero attached hydrogens (tertiary/aromatic N) is 1. The maximum absolute atomic E-state index is 13.4. The van der Waals surface area contributed by atoms with Crippen LogP contribution in [0, 0.1) is 5.82 Å². The van der Waals surface area contributed by atoms with E-state index in [1.54, 1.807) is 6.07 Å². The van der Waals surface area contributed by atoms with Crippen molar-refractivity contribution in [2.45, 2.75) is 0 Å². The van der Waals surface area contributed by atoms with Crippen LogP contribution in [0.2, 0.25) is 0 Å². The standard InChI is InChI=1S/C14H11FN2O3/c1-20-14(19)12-8-4-7-11(16-12)13(18)17-10-6-3-2-5-9(10)15/h2-8H,1H3,(H,17,18). The molecule has 0 fully saturated rings. The lowest BCUT2D eigenvalue weighted by Gasteiger charge is -2.06. The van der Waals surface area contributed by atoms with Gasteiger partial charge in [-0.2, -0.15) is 0 Å². The number of benzene rings is 1. The predicted octanol–water partition coefficient (Wildman–Crippen LogP) is 2.26. The summed E-state index contributed by atoms with van der Waals surface area (Å²) in [5.41, 5.74) is 0.0487. The minimum Gasteiger partial charge on any atom is -0.464 e. The second-order valence-electron chi connectivity index (χ2n) is 3.83. The second-order valence-corrected chi connectivity index (χ2v) is 3.83. The van der Waals surface area contributed by atoms with Crippen LogP contribution < -0.4 is 5.32 Å². The second kappa shape index (κ2) is 5.92. The summed E-state index contributed by atoms with van der Waals surface area (Å²) < 4.78 is 17.9. The average Bonchev–Trinajstić information content (AvgIpc) is 2.49. The van der Waals surface area contributed by atoms with E-state index in [9.17, 15) is 14.0 Å². The van der Waals surface area contributed by atoms with Gasteiger partial charge in [-0.15, -0.1) is 0 Å². The summed E-state index contributed by atoms with van der Waals surface area (Å²) in [6, 6.07) is 10.1. The topological polar surface area (TPSA) is 68.3 Å². The first-order valence-electron chi connectivity index (χ1n) is 5.73. The number of pyridine rings is 1. The molecule has 0 atom stereocenters. The number of carbonyl (C=O) groups is 2. The molecule has 0 saturated heterocycles. The lowest BCUT2D eigenvalue weighted by Crippen LogP contribution is -2.16. The van der Waals surface area contributed by atoms with E-state index in [1.807, 2.05) is 0 Å². The zero-order valence-electron chi connectivity index (χ0n) is 10.6. The molecule has 0 radical (unpaired) electrons. The molecule has 0 saturated carbocycles. The summed E-state index contributed by atoms with van der Waals surface area (Å²) in [5.74, 6) is -1.81. The number of amides is 1. The molecule has 6 heteroatoms. The van der Waals surface area contributed by atoms with Crippen molar-refractivity contribution < 1.29 is 18.7 Å². The van der Waals surface area contributed by atoms with Gasteiger partial charge < -0.3 is 10.1 Å². The van der Waals surface area contributed by atoms with Crippen LogP contribution in [0.4, 0.5) is 10.1 Å². The smallest absolute Gasteiger partial charge is 0.356 e. The lowest BCUT2D eigenvalue weighted by atomic mass is 10.2. The van der Waals surface area contributed by atoms with Crippen molar-refractivity contribution in [3.63, 3.8) is 0 Å². The van der Waals surface area contributed by atoms with Gasteiger partial charge in [0.25, 0.3) is 5.91 Å². The van der Waals surface area contributed by atoms with Gasteiger partial charge in [-0.3, -0.25) is 4.79 Å². The van der Waals surface area contributed by atoms with Crippen molar-refractivity contribution in [2.75, 3.05) is 12.4 Å². The van der Waals surface area contributed by atoms with Crippen LogP contribution in [-0.2, 0) is 4.74 Å². The summed E-state index contributed by atoms with van der Waals surface area (Å²) in [6.07, 6.45) is 0. The highest BCUT2D eigenvalue weighted by molar-refractivity contribution is 6.03. The Morgan fingerprint density at radius 3 is 2.50 bits per heavy atom. The number of hydrogen-bond donors (Lipinski definition) is 1. The average molecular weight is 274 g/mol. The minimum absolute atomic E-state index is 0.00356. The molecule has 1 amide bonds. The van der Waals surface area contributed by atoms with E-state index >= 15 is 0 Å². The zero-order valence-corrected chi connectivity index (χ0v) is 10.6. The molecule has 102 valence electrons. The summed E-state index contributed by atoms with van der Waals surface area (Å²) >= 11 is 0. The molecule has 0 unspecified atom stereocenters. The minimum atomic E-state index is -0.648. The number of carbonyl (C=O) groups excluding carboxylic acids is 2. The summed E-state index contributed by atoms with van der Waals surface area (Å²) in [6.45, 7) is 0. The molecular formula is C14H11FN2O3. The third-order valence-corrected chi connectivity index (χ3v) is 2.50. The Morgan fingerprint density at radius 2 is 1.80 bits per heavy atom. The predicted molar refractivity (Wildman–Crippen MR) is 69.9 cm³/mol. The SMILES string of the molecule is COC(=O)c1cccc(C(=O)Nc2ccccc2F)n1. The van der Waals surface area contributed by atoms with Crippen LogP contribution in [0.3, 0.4) is 0 Å². The lowest BCUT2D eigenvalue weighted by molar-refractivity contribution is 0.0594. The molecule has 1 N–H and O–H groups in total. The number of hydrogen-bond acceptors (Lipinski definition) is 4. The number of rotatable bonds is 3. The van der Waals surface area contributed by atoms with Gasteiger partial charge in [0.1, 0.15) is 17.2 Å².